The smallest absolute Gasteiger partial charge is 0.226 e. The maximum absolute atomic E-state index is 13.0. The molecule has 0 radical (unpaired) electrons. The third-order valence-electron chi connectivity index (χ3n) is 8.26. The van der Waals surface area contributed by atoms with Gasteiger partial charge in [0.2, 0.25) is 5.91 Å². The molecule has 1 aliphatic carbocycles. The first-order valence-electron chi connectivity index (χ1n) is 14.2. The summed E-state index contributed by atoms with van der Waals surface area (Å²) in [4.78, 5) is 13.0. The van der Waals surface area contributed by atoms with Gasteiger partial charge < -0.3 is 35.5 Å². The van der Waals surface area contributed by atoms with Gasteiger partial charge in [-0.05, 0) is 74.0 Å². The average molecular weight is 573 g/mol. The fourth-order valence-electron chi connectivity index (χ4n) is 5.31. The van der Waals surface area contributed by atoms with Crippen LogP contribution in [0.4, 0.5) is 0 Å². The van der Waals surface area contributed by atoms with Crippen LogP contribution in [0.15, 0.2) is 18.2 Å². The van der Waals surface area contributed by atoms with E-state index >= 15 is 0 Å². The Kier molecular flexibility index (Phi) is 15.7. The van der Waals surface area contributed by atoms with E-state index in [1.807, 2.05) is 32.0 Å². The van der Waals surface area contributed by atoms with Gasteiger partial charge in [0.15, 0.2) is 11.5 Å². The topological polar surface area (TPSA) is 123 Å². The average Bonchev–Trinajstić information content (AvgIpc) is 2.89. The van der Waals surface area contributed by atoms with Gasteiger partial charge >= 0.3 is 0 Å². The van der Waals surface area contributed by atoms with Gasteiger partial charge in [-0.1, -0.05) is 33.8 Å². The van der Waals surface area contributed by atoms with Crippen molar-refractivity contribution in [2.24, 2.45) is 28.9 Å². The fourth-order valence-corrected chi connectivity index (χ4v) is 5.31. The Bertz CT molecular complexity index is 845. The zero-order chi connectivity index (χ0) is 28.3. The van der Waals surface area contributed by atoms with Gasteiger partial charge in [-0.2, -0.15) is 0 Å². The summed E-state index contributed by atoms with van der Waals surface area (Å²) in [5.74, 6) is 2.17. The molecule has 8 nitrogen and oxygen atoms in total. The molecule has 1 amide bonds. The second-order valence-corrected chi connectivity index (χ2v) is 11.8. The molecule has 5 N–H and O–H groups in total. The van der Waals surface area contributed by atoms with E-state index in [4.69, 9.17) is 19.9 Å². The third kappa shape index (κ3) is 11.1. The van der Waals surface area contributed by atoms with Crippen LogP contribution in [0.5, 0.6) is 11.5 Å². The van der Waals surface area contributed by atoms with Crippen LogP contribution in [0.25, 0.3) is 0 Å². The van der Waals surface area contributed by atoms with Gasteiger partial charge in [0, 0.05) is 38.1 Å². The number of methoxy groups -OCH3 is 2. The normalized spacial score (nSPS) is 20.1. The Morgan fingerprint density at radius 1 is 1.13 bits per heavy atom. The van der Waals surface area contributed by atoms with E-state index in [9.17, 15) is 15.0 Å². The van der Waals surface area contributed by atoms with Gasteiger partial charge in [0.25, 0.3) is 0 Å². The monoisotopic (exact) mass is 572 g/mol. The lowest BCUT2D eigenvalue weighted by Crippen LogP contribution is -2.49. The van der Waals surface area contributed by atoms with Crippen molar-refractivity contribution in [3.05, 3.63) is 23.8 Å². The molecular weight excluding hydrogens is 520 g/mol. The molecule has 39 heavy (non-hydrogen) atoms. The van der Waals surface area contributed by atoms with Crippen molar-refractivity contribution in [1.82, 2.24) is 5.32 Å². The molecule has 0 spiro atoms. The Balaban J connectivity index is 0.00000760. The summed E-state index contributed by atoms with van der Waals surface area (Å²) >= 11 is 0. The Morgan fingerprint density at radius 2 is 1.79 bits per heavy atom. The van der Waals surface area contributed by atoms with Crippen molar-refractivity contribution in [3.8, 4) is 11.5 Å². The number of aliphatic hydroxyl groups excluding tert-OH is 2. The number of carbonyl (C=O) groups excluding carboxylic acids is 1. The van der Waals surface area contributed by atoms with Gasteiger partial charge in [-0.3, -0.25) is 4.79 Å². The number of carbonyl (C=O) groups is 1. The van der Waals surface area contributed by atoms with Crippen LogP contribution in [0.1, 0.15) is 71.8 Å². The molecule has 1 aliphatic rings. The maximum Gasteiger partial charge on any atom is 0.226 e. The predicted molar refractivity (Wildman–Crippen MR) is 158 cm³/mol. The Hall–Kier alpha value is -1.58. The van der Waals surface area contributed by atoms with E-state index in [0.717, 1.165) is 44.1 Å². The van der Waals surface area contributed by atoms with Crippen molar-refractivity contribution in [2.45, 2.75) is 90.9 Å². The number of benzene rings is 1. The lowest BCUT2D eigenvalue weighted by atomic mass is 9.70. The first kappa shape index (κ1) is 35.4. The number of rotatable bonds is 16. The van der Waals surface area contributed by atoms with E-state index in [1.54, 1.807) is 14.2 Å². The summed E-state index contributed by atoms with van der Waals surface area (Å²) < 4.78 is 16.5. The first-order valence-corrected chi connectivity index (χ1v) is 14.2. The molecular formula is C30H53ClN2O6. The highest BCUT2D eigenvalue weighted by Crippen LogP contribution is 2.38. The fraction of sp³-hybridized carbons (Fsp3) is 0.767. The number of amides is 1. The highest BCUT2D eigenvalue weighted by Gasteiger charge is 2.38. The van der Waals surface area contributed by atoms with Crippen LogP contribution in [0.3, 0.4) is 0 Å². The zero-order valence-corrected chi connectivity index (χ0v) is 25.6. The molecule has 1 fully saturated rings. The highest BCUT2D eigenvalue weighted by molar-refractivity contribution is 5.85. The van der Waals surface area contributed by atoms with Crippen molar-refractivity contribution in [2.75, 3.05) is 34.0 Å². The number of hydrogen-bond acceptors (Lipinski definition) is 7. The summed E-state index contributed by atoms with van der Waals surface area (Å²) in [5.41, 5.74) is 7.02. The lowest BCUT2D eigenvalue weighted by Gasteiger charge is -2.37. The minimum atomic E-state index is -0.834. The van der Waals surface area contributed by atoms with Gasteiger partial charge in [-0.15, -0.1) is 12.4 Å². The van der Waals surface area contributed by atoms with Gasteiger partial charge in [-0.25, -0.2) is 0 Å². The second-order valence-electron chi connectivity index (χ2n) is 11.8. The number of nitrogens with one attached hydrogen (secondary N) is 1. The molecule has 0 bridgehead atoms. The number of nitrogens with two attached hydrogens (primary N) is 1. The van der Waals surface area contributed by atoms with Crippen LogP contribution in [0.2, 0.25) is 0 Å². The second kappa shape index (κ2) is 17.3. The van der Waals surface area contributed by atoms with Crippen LogP contribution < -0.4 is 20.5 Å². The van der Waals surface area contributed by atoms with Crippen molar-refractivity contribution >= 4 is 18.3 Å². The Morgan fingerprint density at radius 3 is 2.38 bits per heavy atom. The molecule has 0 aromatic heterocycles. The van der Waals surface area contributed by atoms with Gasteiger partial charge in [0.05, 0.1) is 25.9 Å². The van der Waals surface area contributed by atoms with E-state index in [2.05, 4.69) is 19.2 Å². The summed E-state index contributed by atoms with van der Waals surface area (Å²) in [5, 5.41) is 23.5. The summed E-state index contributed by atoms with van der Waals surface area (Å²) in [6, 6.07) is 5.54. The van der Waals surface area contributed by atoms with Crippen molar-refractivity contribution < 1.29 is 29.2 Å². The zero-order valence-electron chi connectivity index (χ0n) is 24.8. The standard InChI is InChI=1S/C30H52N2O6.ClH/c1-20(2)22(16-21-8-13-27(37-6)28(17-21)38-15-7-14-36-5)18-25(31)26(34)19-32-29(35)30(3,4)23-9-11-24(33)12-10-23;/h8,13,17,20,22-26,33-34H,7,9-12,14-16,18-19,31H2,1-6H3,(H,32,35);1H/t22?,23-,24-,25?,26?;. The first-order chi connectivity index (χ1) is 18.0. The SMILES string of the molecule is COCCCOc1cc(CC(CC(N)C(O)CNC(=O)C(C)(C)[C@H]2CC[C@H](O)CC2)C(C)C)ccc1OC.Cl. The Labute approximate surface area is 241 Å². The van der Waals surface area contributed by atoms with E-state index < -0.39 is 17.6 Å². The van der Waals surface area contributed by atoms with Gasteiger partial charge in [0.1, 0.15) is 0 Å². The van der Waals surface area contributed by atoms with Crippen molar-refractivity contribution in [1.29, 1.82) is 0 Å². The molecule has 1 saturated carbocycles. The molecule has 2 rings (SSSR count). The van der Waals surface area contributed by atoms with Crippen LogP contribution >= 0.6 is 12.4 Å². The van der Waals surface area contributed by atoms with E-state index in [1.165, 1.54) is 0 Å². The number of halogens is 1. The van der Waals surface area contributed by atoms with Crippen LogP contribution in [-0.2, 0) is 16.0 Å². The molecule has 0 heterocycles. The molecule has 3 atom stereocenters. The van der Waals surface area contributed by atoms with E-state index in [0.29, 0.717) is 37.1 Å². The van der Waals surface area contributed by atoms with Crippen LogP contribution in [-0.4, -0.2) is 68.3 Å². The molecule has 9 heteroatoms. The quantitative estimate of drug-likeness (QED) is 0.220. The summed E-state index contributed by atoms with van der Waals surface area (Å²) in [7, 11) is 3.31. The molecule has 0 aliphatic heterocycles. The number of ether oxygens (including phenoxy) is 3. The summed E-state index contributed by atoms with van der Waals surface area (Å²) in [6.45, 7) is 9.56. The largest absolute Gasteiger partial charge is 0.493 e. The minimum Gasteiger partial charge on any atom is -0.493 e. The molecule has 3 unspecified atom stereocenters. The molecule has 1 aromatic rings. The minimum absolute atomic E-state index is 0. The third-order valence-corrected chi connectivity index (χ3v) is 8.26. The summed E-state index contributed by atoms with van der Waals surface area (Å²) in [6.07, 6.45) is 4.29. The number of hydrogen-bond donors (Lipinski definition) is 4. The highest BCUT2D eigenvalue weighted by atomic mass is 35.5. The molecule has 1 aromatic carbocycles. The lowest BCUT2D eigenvalue weighted by molar-refractivity contribution is -0.134. The molecule has 0 saturated heterocycles. The van der Waals surface area contributed by atoms with Crippen molar-refractivity contribution in [3.63, 3.8) is 0 Å². The predicted octanol–water partition coefficient (Wildman–Crippen LogP) is 4.12. The number of aliphatic hydroxyl groups is 2. The maximum atomic E-state index is 13.0. The van der Waals surface area contributed by atoms with Crippen LogP contribution in [0, 0.1) is 23.2 Å². The van der Waals surface area contributed by atoms with E-state index in [-0.39, 0.29) is 42.8 Å². The molecule has 226 valence electrons.